The summed E-state index contributed by atoms with van der Waals surface area (Å²) in [4.78, 5) is 14.0. The van der Waals surface area contributed by atoms with Crippen molar-refractivity contribution in [2.24, 2.45) is 5.92 Å². The number of ether oxygens (including phenoxy) is 1. The number of rotatable bonds is 6. The van der Waals surface area contributed by atoms with E-state index in [2.05, 4.69) is 10.2 Å². The summed E-state index contributed by atoms with van der Waals surface area (Å²) in [6, 6.07) is -0.118. The van der Waals surface area contributed by atoms with Crippen molar-refractivity contribution < 1.29 is 9.53 Å². The quantitative estimate of drug-likeness (QED) is 0.579. The molecule has 0 amide bonds. The summed E-state index contributed by atoms with van der Waals surface area (Å²) in [5.74, 6) is 0.350. The summed E-state index contributed by atoms with van der Waals surface area (Å²) < 4.78 is 4.95. The molecule has 0 aromatic rings. The molecular formula is C14H28N2O2. The molecule has 0 spiro atoms. The predicted octanol–water partition coefficient (Wildman–Crippen LogP) is 1.65. The van der Waals surface area contributed by atoms with Crippen LogP contribution >= 0.6 is 0 Å². The van der Waals surface area contributed by atoms with Gasteiger partial charge in [-0.1, -0.05) is 25.7 Å². The number of carbonyl (C=O) groups is 1. The molecule has 0 saturated heterocycles. The van der Waals surface area contributed by atoms with E-state index in [0.29, 0.717) is 5.92 Å². The Morgan fingerprint density at radius 3 is 2.39 bits per heavy atom. The molecule has 1 unspecified atom stereocenters. The minimum absolute atomic E-state index is 0.0966. The summed E-state index contributed by atoms with van der Waals surface area (Å²) in [6.07, 6.45) is 7.40. The number of methoxy groups -OCH3 is 1. The zero-order valence-corrected chi connectivity index (χ0v) is 12.1. The summed E-state index contributed by atoms with van der Waals surface area (Å²) in [5.41, 5.74) is 0. The maximum atomic E-state index is 11.9. The first-order valence-electron chi connectivity index (χ1n) is 7.11. The highest BCUT2D eigenvalue weighted by Crippen LogP contribution is 2.26. The largest absolute Gasteiger partial charge is 0.468 e. The third-order valence-corrected chi connectivity index (χ3v) is 3.75. The van der Waals surface area contributed by atoms with Gasteiger partial charge in [0.2, 0.25) is 0 Å². The number of nitrogens with zero attached hydrogens (tertiary/aromatic N) is 1. The highest BCUT2D eigenvalue weighted by molar-refractivity contribution is 5.76. The van der Waals surface area contributed by atoms with E-state index in [1.807, 2.05) is 14.1 Å². The number of likely N-dealkylation sites (N-methyl/N-ethyl adjacent to an activating group) is 1. The Balaban J connectivity index is 2.50. The van der Waals surface area contributed by atoms with Crippen molar-refractivity contribution >= 4 is 5.97 Å². The minimum atomic E-state index is -0.118. The molecule has 1 saturated carbocycles. The Labute approximate surface area is 111 Å². The first-order valence-corrected chi connectivity index (χ1v) is 7.11. The molecule has 0 aromatic carbocycles. The van der Waals surface area contributed by atoms with Gasteiger partial charge >= 0.3 is 5.97 Å². The molecule has 1 fully saturated rings. The van der Waals surface area contributed by atoms with Gasteiger partial charge in [0.05, 0.1) is 7.11 Å². The summed E-state index contributed by atoms with van der Waals surface area (Å²) in [5, 5.41) is 3.38. The van der Waals surface area contributed by atoms with Gasteiger partial charge in [-0.15, -0.1) is 0 Å². The lowest BCUT2D eigenvalue weighted by Gasteiger charge is -2.25. The fourth-order valence-corrected chi connectivity index (χ4v) is 2.66. The highest BCUT2D eigenvalue weighted by atomic mass is 16.5. The normalized spacial score (nSPS) is 19.6. The van der Waals surface area contributed by atoms with E-state index in [1.54, 1.807) is 0 Å². The van der Waals surface area contributed by atoms with Crippen molar-refractivity contribution in [1.29, 1.82) is 0 Å². The van der Waals surface area contributed by atoms with E-state index in [9.17, 15) is 4.79 Å². The summed E-state index contributed by atoms with van der Waals surface area (Å²) >= 11 is 0. The van der Waals surface area contributed by atoms with Crippen LogP contribution in [0.3, 0.4) is 0 Å². The molecule has 1 aliphatic carbocycles. The van der Waals surface area contributed by atoms with E-state index in [1.165, 1.54) is 32.8 Å². The van der Waals surface area contributed by atoms with Crippen molar-refractivity contribution in [3.8, 4) is 0 Å². The first kappa shape index (κ1) is 15.4. The van der Waals surface area contributed by atoms with Crippen LogP contribution < -0.4 is 5.32 Å². The van der Waals surface area contributed by atoms with E-state index < -0.39 is 0 Å². The third-order valence-electron chi connectivity index (χ3n) is 3.75. The average Bonchev–Trinajstić information content (AvgIpc) is 2.62. The van der Waals surface area contributed by atoms with Crippen LogP contribution in [0.5, 0.6) is 0 Å². The molecule has 106 valence electrons. The Bertz CT molecular complexity index is 236. The lowest BCUT2D eigenvalue weighted by atomic mass is 9.92. The highest BCUT2D eigenvalue weighted by Gasteiger charge is 2.28. The monoisotopic (exact) mass is 256 g/mol. The molecule has 4 nitrogen and oxygen atoms in total. The van der Waals surface area contributed by atoms with Crippen LogP contribution in [0.15, 0.2) is 0 Å². The second kappa shape index (κ2) is 8.48. The predicted molar refractivity (Wildman–Crippen MR) is 73.6 cm³/mol. The van der Waals surface area contributed by atoms with Gasteiger partial charge in [-0.25, -0.2) is 0 Å². The lowest BCUT2D eigenvalue weighted by molar-refractivity contribution is -0.144. The zero-order chi connectivity index (χ0) is 13.4. The van der Waals surface area contributed by atoms with Crippen LogP contribution in [0.25, 0.3) is 0 Å². The third kappa shape index (κ3) is 5.36. The van der Waals surface area contributed by atoms with Crippen LogP contribution in [0.1, 0.15) is 38.5 Å². The number of hydrogen-bond donors (Lipinski definition) is 1. The maximum absolute atomic E-state index is 11.9. The fraction of sp³-hybridized carbons (Fsp3) is 0.929. The van der Waals surface area contributed by atoms with Gasteiger partial charge in [-0.3, -0.25) is 4.79 Å². The molecule has 4 heteroatoms. The Morgan fingerprint density at radius 1 is 1.28 bits per heavy atom. The van der Waals surface area contributed by atoms with Gasteiger partial charge in [0, 0.05) is 13.1 Å². The smallest absolute Gasteiger partial charge is 0.323 e. The van der Waals surface area contributed by atoms with Crippen molar-refractivity contribution in [2.75, 3.05) is 34.3 Å². The van der Waals surface area contributed by atoms with E-state index in [-0.39, 0.29) is 12.0 Å². The maximum Gasteiger partial charge on any atom is 0.323 e. The van der Waals surface area contributed by atoms with Crippen molar-refractivity contribution in [3.63, 3.8) is 0 Å². The molecule has 0 heterocycles. The molecule has 1 aliphatic rings. The van der Waals surface area contributed by atoms with Crippen LogP contribution in [0.2, 0.25) is 0 Å². The Hall–Kier alpha value is -0.610. The van der Waals surface area contributed by atoms with Gasteiger partial charge in [0.15, 0.2) is 0 Å². The fourth-order valence-electron chi connectivity index (χ4n) is 2.66. The Kier molecular flexibility index (Phi) is 7.28. The van der Waals surface area contributed by atoms with Crippen molar-refractivity contribution in [1.82, 2.24) is 10.2 Å². The second-order valence-corrected chi connectivity index (χ2v) is 5.51. The molecule has 1 atom stereocenters. The molecular weight excluding hydrogens is 228 g/mol. The standard InChI is InChI=1S/C14H28N2O2/c1-16(2)11-10-15-13(14(17)18-3)12-8-6-4-5-7-9-12/h12-13,15H,4-11H2,1-3H3. The van der Waals surface area contributed by atoms with Crippen LogP contribution in [-0.2, 0) is 9.53 Å². The number of esters is 1. The van der Waals surface area contributed by atoms with Crippen LogP contribution in [-0.4, -0.2) is 51.2 Å². The lowest BCUT2D eigenvalue weighted by Crippen LogP contribution is -2.45. The number of hydrogen-bond acceptors (Lipinski definition) is 4. The van der Waals surface area contributed by atoms with Gasteiger partial charge < -0.3 is 15.0 Å². The van der Waals surface area contributed by atoms with Gasteiger partial charge in [-0.05, 0) is 32.9 Å². The number of carbonyl (C=O) groups excluding carboxylic acids is 1. The molecule has 0 aliphatic heterocycles. The zero-order valence-electron chi connectivity index (χ0n) is 12.1. The van der Waals surface area contributed by atoms with E-state index in [0.717, 1.165) is 25.9 Å². The summed E-state index contributed by atoms with van der Waals surface area (Å²) in [6.45, 7) is 1.78. The molecule has 1 rings (SSSR count). The second-order valence-electron chi connectivity index (χ2n) is 5.51. The topological polar surface area (TPSA) is 41.6 Å². The van der Waals surface area contributed by atoms with Gasteiger partial charge in [0.1, 0.15) is 6.04 Å². The Morgan fingerprint density at radius 2 is 1.89 bits per heavy atom. The van der Waals surface area contributed by atoms with E-state index in [4.69, 9.17) is 4.74 Å². The molecule has 1 N–H and O–H groups in total. The van der Waals surface area contributed by atoms with Gasteiger partial charge in [-0.2, -0.15) is 0 Å². The van der Waals surface area contributed by atoms with Gasteiger partial charge in [0.25, 0.3) is 0 Å². The number of nitrogens with one attached hydrogen (secondary N) is 1. The first-order chi connectivity index (χ1) is 8.65. The van der Waals surface area contributed by atoms with Crippen molar-refractivity contribution in [3.05, 3.63) is 0 Å². The van der Waals surface area contributed by atoms with Crippen LogP contribution in [0, 0.1) is 5.92 Å². The van der Waals surface area contributed by atoms with E-state index >= 15 is 0 Å². The average molecular weight is 256 g/mol. The SMILES string of the molecule is COC(=O)C(NCCN(C)C)C1CCCCCC1. The van der Waals surface area contributed by atoms with Crippen molar-refractivity contribution in [2.45, 2.75) is 44.6 Å². The molecule has 0 aromatic heterocycles. The minimum Gasteiger partial charge on any atom is -0.468 e. The molecule has 0 radical (unpaired) electrons. The molecule has 0 bridgehead atoms. The molecule has 18 heavy (non-hydrogen) atoms. The summed E-state index contributed by atoms with van der Waals surface area (Å²) in [7, 11) is 5.57. The van der Waals surface area contributed by atoms with Crippen LogP contribution in [0.4, 0.5) is 0 Å².